The number of anilines is 2. The number of carboxylic acid groups (broad SMARTS) is 1. The Kier molecular flexibility index (Phi) is 25.7. The summed E-state index contributed by atoms with van der Waals surface area (Å²) in [5, 5.41) is 34.0. The molecule has 23 heteroatoms. The smallest absolute Gasteiger partial charge is 0.337 e. The number of carboxylic acids is 1. The minimum absolute atomic E-state index is 0.00695. The number of carbonyl (C=O) groups excluding carboxylic acids is 1. The fourth-order valence-electron chi connectivity index (χ4n) is 18.9. The zero-order chi connectivity index (χ0) is 89.5. The van der Waals surface area contributed by atoms with Crippen molar-refractivity contribution in [2.24, 2.45) is 0 Å². The van der Waals surface area contributed by atoms with Crippen LogP contribution in [0.2, 0.25) is 0 Å². The number of hydrogen-bond donors (Lipinski definition) is 11. The van der Waals surface area contributed by atoms with Gasteiger partial charge < -0.3 is 84.8 Å². The number of nitrogens with zero attached hydrogens (tertiary/aromatic N) is 2. The van der Waals surface area contributed by atoms with Crippen molar-refractivity contribution in [1.82, 2.24) is 50.7 Å². The van der Waals surface area contributed by atoms with Crippen LogP contribution in [0.1, 0.15) is 130 Å². The lowest BCUT2D eigenvalue weighted by atomic mass is 9.90. The molecule has 0 spiro atoms. The molecule has 5 aromatic heterocycles. The minimum Gasteiger partial charge on any atom is -0.497 e. The van der Waals surface area contributed by atoms with Gasteiger partial charge >= 0.3 is 11.9 Å². The third kappa shape index (κ3) is 18.1. The number of esters is 1. The van der Waals surface area contributed by atoms with Crippen LogP contribution in [0.25, 0.3) is 54.5 Å². The number of para-hydroxylation sites is 4. The van der Waals surface area contributed by atoms with Crippen molar-refractivity contribution in [2.75, 3.05) is 72.4 Å². The molecule has 130 heavy (non-hydrogen) atoms. The molecule has 0 aliphatic carbocycles. The van der Waals surface area contributed by atoms with Crippen molar-refractivity contribution in [3.8, 4) is 23.0 Å². The lowest BCUT2D eigenvalue weighted by Gasteiger charge is -2.38. The molecule has 11 N–H and O–H groups in total. The first kappa shape index (κ1) is 86.4. The average Bonchev–Trinajstić information content (AvgIpc) is 1.69. The molecule has 12 aromatic carbocycles. The zero-order valence-corrected chi connectivity index (χ0v) is 74.6. The molecule has 0 amide bonds. The van der Waals surface area contributed by atoms with Gasteiger partial charge in [-0.1, -0.05) is 175 Å². The molecule has 0 bridgehead atoms. The molecule has 20 nitrogen and oxygen atoms in total. The van der Waals surface area contributed by atoms with E-state index in [2.05, 4.69) is 214 Å². The summed E-state index contributed by atoms with van der Waals surface area (Å²) in [7, 11) is 8.09. The average molecular weight is 1770 g/mol. The van der Waals surface area contributed by atoms with Crippen molar-refractivity contribution in [3.63, 3.8) is 0 Å². The summed E-state index contributed by atoms with van der Waals surface area (Å²) >= 11 is 11.8. The number of methoxy groups -OCH3 is 5. The number of H-pyrrole nitrogens is 5. The SMILES string of the molecule is COC(=O)c1cccc(NC(=S)N2CCc3c([nH]c4ccccc34)C2c2ccc(OC)cc2)c1.COc1ccc(C2NCCc3c2[nH]c2ccc(F)cc32)cc1.COc1ccc(C2NCCc3c2[nH]c2ccccc32)cc1.COc1ccc(C2c3[nH]c4ccccc4c3CCN2C(=S)Nc2ccc(C)cc2)cc1.O=C(O)C1Cc2c([nH]c3ccccc23)C(c2ccccc2)N1. The van der Waals surface area contributed by atoms with E-state index >= 15 is 0 Å². The minimum atomic E-state index is -0.808. The van der Waals surface area contributed by atoms with Crippen molar-refractivity contribution in [1.29, 1.82) is 0 Å². The van der Waals surface area contributed by atoms with E-state index in [9.17, 15) is 19.1 Å². The van der Waals surface area contributed by atoms with Crippen molar-refractivity contribution in [2.45, 2.75) is 75.3 Å². The Balaban J connectivity index is 0.000000111. The van der Waals surface area contributed by atoms with E-state index < -0.39 is 12.0 Å². The van der Waals surface area contributed by atoms with Gasteiger partial charge in [0.2, 0.25) is 0 Å². The fraction of sp³-hybridized carbons (Fsp3) is 0.196. The lowest BCUT2D eigenvalue weighted by Crippen LogP contribution is -2.44. The molecule has 0 radical (unpaired) electrons. The van der Waals surface area contributed by atoms with E-state index in [-0.39, 0.29) is 42.0 Å². The van der Waals surface area contributed by atoms with E-state index in [4.69, 9.17) is 48.1 Å². The van der Waals surface area contributed by atoms with Crippen LogP contribution >= 0.6 is 24.4 Å². The molecule has 0 fully saturated rings. The second kappa shape index (κ2) is 38.7. The number of ether oxygens (including phenoxy) is 5. The van der Waals surface area contributed by atoms with Crippen LogP contribution < -0.4 is 45.5 Å². The largest absolute Gasteiger partial charge is 0.497 e. The summed E-state index contributed by atoms with van der Waals surface area (Å²) in [5.74, 6) is 2.02. The van der Waals surface area contributed by atoms with Gasteiger partial charge in [0.1, 0.15) is 34.9 Å². The highest BCUT2D eigenvalue weighted by molar-refractivity contribution is 7.80. The number of carbonyl (C=O) groups is 2. The first-order chi connectivity index (χ1) is 63.6. The van der Waals surface area contributed by atoms with Crippen molar-refractivity contribution < 1.29 is 42.8 Å². The Morgan fingerprint density at radius 3 is 1.22 bits per heavy atom. The number of aliphatic carboxylic acids is 1. The van der Waals surface area contributed by atoms with Crippen LogP contribution in [0.4, 0.5) is 15.8 Å². The van der Waals surface area contributed by atoms with Gasteiger partial charge in [-0.05, 0) is 234 Å². The maximum Gasteiger partial charge on any atom is 0.337 e. The standard InChI is InChI=1S/C27H25N3O3S.C26H25N3OS.C18H17FN2O.C18H16N2O2.C18H18N2O/c1-32-20-12-10-17(11-13-20)25-24-22(21-8-3-4-9-23(21)29-24)14-15-30(25)27(34)28-19-7-5-6-18(16-19)26(31)33-2;1-17-7-11-19(12-8-17)27-26(31)29-16-15-22-21-5-3-4-6-23(21)28-24(22)25(29)18-9-13-20(30-2)14-10-18;1-22-13-5-2-11(3-6-13)17-18-14(8-9-20-17)15-10-12(19)4-7-16(15)21-18;21-18(22)15-10-13-12-8-4-5-9-14(12)19-17(13)16(20-15)11-6-2-1-3-7-11;1-21-13-8-6-12(7-9-13)17-18-15(10-11-19-17)14-4-2-3-5-16(14)20-18/h3-13,16,25,29H,14-15H2,1-2H3,(H,28,34);3-14,25,28H,15-16H2,1-2H3,(H,27,31);2-7,10,17,20-21H,8-9H2,1H3;1-9,15-16,19-20H,10H2,(H,21,22);2-9,17,19-20H,10-11H2,1H3. The van der Waals surface area contributed by atoms with Gasteiger partial charge in [-0.3, -0.25) is 10.1 Å². The van der Waals surface area contributed by atoms with Gasteiger partial charge in [0.05, 0.1) is 71.3 Å². The number of aromatic amines is 5. The summed E-state index contributed by atoms with van der Waals surface area (Å²) in [5.41, 5.74) is 27.2. The van der Waals surface area contributed by atoms with Gasteiger partial charge in [0.25, 0.3) is 0 Å². The Hall–Kier alpha value is -14.3. The monoisotopic (exact) mass is 1760 g/mol. The second-order valence-corrected chi connectivity index (χ2v) is 33.7. The molecule has 656 valence electrons. The third-order valence-electron chi connectivity index (χ3n) is 25.3. The number of aryl methyl sites for hydroxylation is 1. The highest BCUT2D eigenvalue weighted by Crippen LogP contribution is 2.44. The molecule has 22 rings (SSSR count). The van der Waals surface area contributed by atoms with E-state index in [0.29, 0.717) is 17.1 Å². The van der Waals surface area contributed by atoms with E-state index in [1.165, 1.54) is 96.3 Å². The molecular weight excluding hydrogens is 1660 g/mol. The summed E-state index contributed by atoms with van der Waals surface area (Å²) in [4.78, 5) is 45.8. The topological polar surface area (TPSA) is 246 Å². The van der Waals surface area contributed by atoms with E-state index in [1.807, 2.05) is 121 Å². The summed E-state index contributed by atoms with van der Waals surface area (Å²) in [6.07, 6.45) is 4.30. The van der Waals surface area contributed by atoms with Gasteiger partial charge in [-0.15, -0.1) is 0 Å². The quantitative estimate of drug-likeness (QED) is 0.0380. The van der Waals surface area contributed by atoms with Crippen LogP contribution in [0.15, 0.2) is 291 Å². The highest BCUT2D eigenvalue weighted by Gasteiger charge is 2.38. The zero-order valence-electron chi connectivity index (χ0n) is 72.9. The lowest BCUT2D eigenvalue weighted by molar-refractivity contribution is -0.139. The van der Waals surface area contributed by atoms with Crippen LogP contribution in [0, 0.1) is 12.7 Å². The van der Waals surface area contributed by atoms with Gasteiger partial charge in [-0.2, -0.15) is 0 Å². The van der Waals surface area contributed by atoms with Crippen molar-refractivity contribution in [3.05, 3.63) is 392 Å². The predicted octanol–water partition coefficient (Wildman–Crippen LogP) is 21.0. The number of aromatic nitrogens is 5. The van der Waals surface area contributed by atoms with Crippen LogP contribution in [-0.2, 0) is 41.6 Å². The predicted molar refractivity (Wildman–Crippen MR) is 523 cm³/mol. The van der Waals surface area contributed by atoms with Gasteiger partial charge in [0.15, 0.2) is 10.2 Å². The molecular formula is C107H101FN12O8S2. The summed E-state index contributed by atoms with van der Waals surface area (Å²) in [6.45, 7) is 5.58. The number of halogens is 1. The molecule has 5 aliphatic rings. The van der Waals surface area contributed by atoms with Crippen molar-refractivity contribution >= 4 is 112 Å². The molecule has 0 saturated carbocycles. The number of hydrogen-bond acceptors (Lipinski definition) is 12. The number of thiocarbonyl (C=S) groups is 2. The van der Waals surface area contributed by atoms with Gasteiger partial charge in [-0.25, -0.2) is 9.18 Å². The Morgan fingerprint density at radius 2 is 0.769 bits per heavy atom. The Bertz CT molecular complexity index is 6930. The molecule has 0 saturated heterocycles. The third-order valence-corrected chi connectivity index (χ3v) is 26.0. The molecule has 10 heterocycles. The summed E-state index contributed by atoms with van der Waals surface area (Å²) < 4.78 is 39.6. The highest BCUT2D eigenvalue weighted by atomic mass is 32.1. The van der Waals surface area contributed by atoms with E-state index in [0.717, 1.165) is 152 Å². The van der Waals surface area contributed by atoms with Crippen LogP contribution in [0.3, 0.4) is 0 Å². The maximum atomic E-state index is 13.5. The summed E-state index contributed by atoms with van der Waals surface area (Å²) in [6, 6.07) is 96.3. The first-order valence-electron chi connectivity index (χ1n) is 43.7. The van der Waals surface area contributed by atoms with E-state index in [1.54, 1.807) is 46.6 Å². The Morgan fingerprint density at radius 1 is 0.385 bits per heavy atom. The number of nitrogens with one attached hydrogen (secondary N) is 10. The first-order valence-corrected chi connectivity index (χ1v) is 44.6. The Labute approximate surface area is 763 Å². The molecule has 17 aromatic rings. The maximum absolute atomic E-state index is 13.5. The van der Waals surface area contributed by atoms with Crippen LogP contribution in [-0.4, -0.2) is 130 Å². The number of fused-ring (bicyclic) bond motifs is 15. The normalized spacial score (nSPS) is 16.9. The fourth-order valence-corrected chi connectivity index (χ4v) is 19.5. The van der Waals surface area contributed by atoms with Crippen LogP contribution in [0.5, 0.6) is 23.0 Å². The molecule has 6 atom stereocenters. The molecule has 6 unspecified atom stereocenters. The van der Waals surface area contributed by atoms with Gasteiger partial charge in [0, 0.05) is 127 Å². The second-order valence-electron chi connectivity index (χ2n) is 32.9. The number of rotatable bonds is 13. The molecule has 5 aliphatic heterocycles. The number of benzene rings is 12.